The highest BCUT2D eigenvalue weighted by atomic mass is 16.5. The van der Waals surface area contributed by atoms with E-state index < -0.39 is 0 Å². The Labute approximate surface area is 238 Å². The van der Waals surface area contributed by atoms with Gasteiger partial charge >= 0.3 is 0 Å². The Hall–Kier alpha value is -4.77. The second-order valence-corrected chi connectivity index (χ2v) is 9.74. The van der Waals surface area contributed by atoms with Crippen molar-refractivity contribution in [1.82, 2.24) is 19.9 Å². The number of carbonyl (C=O) groups excluding carboxylic acids is 2. The van der Waals surface area contributed by atoms with Gasteiger partial charge in [-0.25, -0.2) is 9.97 Å². The van der Waals surface area contributed by atoms with Crippen molar-refractivity contribution in [2.75, 3.05) is 69.1 Å². The lowest BCUT2D eigenvalue weighted by atomic mass is 10.1. The Morgan fingerprint density at radius 2 is 1.63 bits per heavy atom. The fraction of sp³-hybridized carbons (Fsp3) is 0.300. The van der Waals surface area contributed by atoms with Crippen molar-refractivity contribution in [1.29, 1.82) is 0 Å². The van der Waals surface area contributed by atoms with Crippen LogP contribution in [0.2, 0.25) is 0 Å². The molecular formula is C30H33N7O4. The maximum atomic E-state index is 12.9. The number of pyridine rings is 1. The van der Waals surface area contributed by atoms with Crippen LogP contribution >= 0.6 is 0 Å². The lowest BCUT2D eigenvalue weighted by Crippen LogP contribution is -2.50. The number of rotatable bonds is 8. The monoisotopic (exact) mass is 555 g/mol. The summed E-state index contributed by atoms with van der Waals surface area (Å²) >= 11 is 0. The predicted molar refractivity (Wildman–Crippen MR) is 159 cm³/mol. The molecule has 1 saturated heterocycles. The minimum absolute atomic E-state index is 0.0336. The van der Waals surface area contributed by atoms with Crippen LogP contribution in [-0.2, 0) is 9.59 Å². The first-order chi connectivity index (χ1) is 19.9. The number of carbonyl (C=O) groups is 2. The maximum Gasteiger partial charge on any atom is 0.240 e. The Morgan fingerprint density at radius 1 is 0.902 bits per heavy atom. The van der Waals surface area contributed by atoms with E-state index in [-0.39, 0.29) is 17.8 Å². The van der Waals surface area contributed by atoms with Crippen LogP contribution in [0, 0.1) is 0 Å². The number of piperazine rings is 1. The van der Waals surface area contributed by atoms with E-state index in [1.54, 1.807) is 26.2 Å². The predicted octanol–water partition coefficient (Wildman–Crippen LogP) is 3.45. The Balaban J connectivity index is 1.40. The molecule has 1 aliphatic heterocycles. The molecule has 0 unspecified atom stereocenters. The van der Waals surface area contributed by atoms with Crippen LogP contribution in [0.25, 0.3) is 22.3 Å². The molecular weight excluding hydrogens is 522 g/mol. The van der Waals surface area contributed by atoms with Crippen LogP contribution in [0.5, 0.6) is 11.5 Å². The standard InChI is InChI=1S/C30H33N7O4/c1-20(38)31-30-33-24-12-11-23(21-10-13-25(40-3)26(18-21)41-4)32-28(24)29(34-30)37-16-14-36(15-17-37)19-27(39)35(2)22-8-6-5-7-9-22/h5-13,18H,14-17,19H2,1-4H3,(H,31,33,34,38). The van der Waals surface area contributed by atoms with Crippen LogP contribution in [0.3, 0.4) is 0 Å². The Morgan fingerprint density at radius 3 is 2.32 bits per heavy atom. The third kappa shape index (κ3) is 6.20. The zero-order chi connectivity index (χ0) is 28.9. The van der Waals surface area contributed by atoms with Gasteiger partial charge < -0.3 is 19.3 Å². The minimum Gasteiger partial charge on any atom is -0.493 e. The molecule has 2 aromatic heterocycles. The number of likely N-dealkylation sites (N-methyl/N-ethyl adjacent to an activating group) is 1. The summed E-state index contributed by atoms with van der Waals surface area (Å²) < 4.78 is 10.9. The topological polar surface area (TPSA) is 113 Å². The van der Waals surface area contributed by atoms with Gasteiger partial charge in [0.2, 0.25) is 17.8 Å². The van der Waals surface area contributed by atoms with E-state index in [1.807, 2.05) is 60.7 Å². The van der Waals surface area contributed by atoms with Crippen molar-refractivity contribution >= 4 is 40.3 Å². The van der Waals surface area contributed by atoms with Gasteiger partial charge in [-0.05, 0) is 42.5 Å². The van der Waals surface area contributed by atoms with Crippen LogP contribution < -0.4 is 24.6 Å². The first-order valence-electron chi connectivity index (χ1n) is 13.3. The average molecular weight is 556 g/mol. The quantitative estimate of drug-likeness (QED) is 0.349. The number of benzene rings is 2. The number of methoxy groups -OCH3 is 2. The van der Waals surface area contributed by atoms with Gasteiger partial charge in [-0.15, -0.1) is 0 Å². The summed E-state index contributed by atoms with van der Waals surface area (Å²) in [5, 5.41) is 2.71. The fourth-order valence-corrected chi connectivity index (χ4v) is 4.80. The van der Waals surface area contributed by atoms with E-state index in [1.165, 1.54) is 6.92 Å². The van der Waals surface area contributed by atoms with Crippen molar-refractivity contribution < 1.29 is 19.1 Å². The van der Waals surface area contributed by atoms with Gasteiger partial charge in [-0.1, -0.05) is 18.2 Å². The normalized spacial score (nSPS) is 13.6. The molecule has 1 fully saturated rings. The zero-order valence-corrected chi connectivity index (χ0v) is 23.6. The number of nitrogens with zero attached hydrogens (tertiary/aromatic N) is 6. The van der Waals surface area contributed by atoms with Crippen LogP contribution in [-0.4, -0.2) is 85.7 Å². The molecule has 11 nitrogen and oxygen atoms in total. The molecule has 3 heterocycles. The molecule has 41 heavy (non-hydrogen) atoms. The Bertz CT molecular complexity index is 1560. The number of amides is 2. The molecule has 1 N–H and O–H groups in total. The number of anilines is 3. The molecule has 0 radical (unpaired) electrons. The van der Waals surface area contributed by atoms with Gasteiger partial charge in [0.15, 0.2) is 17.3 Å². The van der Waals surface area contributed by atoms with Gasteiger partial charge in [0.05, 0.1) is 32.0 Å². The summed E-state index contributed by atoms with van der Waals surface area (Å²) in [6.45, 7) is 4.36. The molecule has 1 aliphatic rings. The first kappa shape index (κ1) is 27.8. The number of para-hydroxylation sites is 1. The number of aromatic nitrogens is 3. The second-order valence-electron chi connectivity index (χ2n) is 9.74. The molecule has 0 aliphatic carbocycles. The van der Waals surface area contributed by atoms with E-state index in [4.69, 9.17) is 19.4 Å². The van der Waals surface area contributed by atoms with Gasteiger partial charge in [0, 0.05) is 51.4 Å². The molecule has 0 saturated carbocycles. The molecule has 2 amide bonds. The summed E-state index contributed by atoms with van der Waals surface area (Å²) in [5.41, 5.74) is 3.69. The third-order valence-corrected chi connectivity index (χ3v) is 7.04. The highest BCUT2D eigenvalue weighted by Crippen LogP contribution is 2.33. The molecule has 0 bridgehead atoms. The fourth-order valence-electron chi connectivity index (χ4n) is 4.80. The molecule has 212 valence electrons. The van der Waals surface area contributed by atoms with Gasteiger partial charge in [-0.3, -0.25) is 19.8 Å². The first-order valence-corrected chi connectivity index (χ1v) is 13.3. The summed E-state index contributed by atoms with van der Waals surface area (Å²) in [7, 11) is 4.99. The van der Waals surface area contributed by atoms with Crippen LogP contribution in [0.4, 0.5) is 17.5 Å². The molecule has 0 atom stereocenters. The molecule has 0 spiro atoms. The largest absolute Gasteiger partial charge is 0.493 e. The highest BCUT2D eigenvalue weighted by molar-refractivity contribution is 5.94. The SMILES string of the molecule is COc1ccc(-c2ccc3nc(NC(C)=O)nc(N4CCN(CC(=O)N(C)c5ccccc5)CC4)c3n2)cc1OC. The lowest BCUT2D eigenvalue weighted by molar-refractivity contribution is -0.119. The lowest BCUT2D eigenvalue weighted by Gasteiger charge is -2.36. The Kier molecular flexibility index (Phi) is 8.25. The van der Waals surface area contributed by atoms with Crippen molar-refractivity contribution in [2.45, 2.75) is 6.92 Å². The van der Waals surface area contributed by atoms with Crippen molar-refractivity contribution in [3.05, 3.63) is 60.7 Å². The third-order valence-electron chi connectivity index (χ3n) is 7.04. The number of hydrogen-bond acceptors (Lipinski definition) is 9. The number of fused-ring (bicyclic) bond motifs is 1. The van der Waals surface area contributed by atoms with Crippen LogP contribution in [0.1, 0.15) is 6.92 Å². The summed E-state index contributed by atoms with van der Waals surface area (Å²) in [5.74, 6) is 1.87. The number of hydrogen-bond donors (Lipinski definition) is 1. The van der Waals surface area contributed by atoms with E-state index in [2.05, 4.69) is 20.1 Å². The molecule has 4 aromatic rings. The maximum absolute atomic E-state index is 12.9. The van der Waals surface area contributed by atoms with Crippen molar-refractivity contribution in [3.63, 3.8) is 0 Å². The molecule has 2 aromatic carbocycles. The summed E-state index contributed by atoms with van der Waals surface area (Å²) in [6.07, 6.45) is 0. The zero-order valence-electron chi connectivity index (χ0n) is 23.6. The molecule has 5 rings (SSSR count). The van der Waals surface area contributed by atoms with E-state index in [0.717, 1.165) is 16.9 Å². The highest BCUT2D eigenvalue weighted by Gasteiger charge is 2.25. The van der Waals surface area contributed by atoms with Gasteiger partial charge in [0.1, 0.15) is 5.52 Å². The van der Waals surface area contributed by atoms with E-state index in [9.17, 15) is 9.59 Å². The average Bonchev–Trinajstić information content (AvgIpc) is 3.00. The van der Waals surface area contributed by atoms with Crippen LogP contribution in [0.15, 0.2) is 60.7 Å². The number of ether oxygens (including phenoxy) is 2. The van der Waals surface area contributed by atoms with Crippen molar-refractivity contribution in [3.8, 4) is 22.8 Å². The minimum atomic E-state index is -0.254. The summed E-state index contributed by atoms with van der Waals surface area (Å²) in [6, 6.07) is 19.0. The van der Waals surface area contributed by atoms with Crippen molar-refractivity contribution in [2.24, 2.45) is 0 Å². The second kappa shape index (κ2) is 12.2. The molecule has 11 heteroatoms. The van der Waals surface area contributed by atoms with Gasteiger partial charge in [-0.2, -0.15) is 4.98 Å². The van der Waals surface area contributed by atoms with E-state index in [0.29, 0.717) is 61.1 Å². The smallest absolute Gasteiger partial charge is 0.240 e. The van der Waals surface area contributed by atoms with Gasteiger partial charge in [0.25, 0.3) is 0 Å². The summed E-state index contributed by atoms with van der Waals surface area (Å²) in [4.78, 5) is 44.9. The number of nitrogens with one attached hydrogen (secondary N) is 1. The van der Waals surface area contributed by atoms with E-state index >= 15 is 0 Å².